The van der Waals surface area contributed by atoms with E-state index >= 15 is 0 Å². The van der Waals surface area contributed by atoms with E-state index < -0.39 is 0 Å². The molecule has 0 spiro atoms. The first-order valence-electron chi connectivity index (χ1n) is 6.95. The minimum atomic E-state index is 0.656. The zero-order chi connectivity index (χ0) is 13.2. The Morgan fingerprint density at radius 2 is 2.28 bits per heavy atom. The highest BCUT2D eigenvalue weighted by Crippen LogP contribution is 2.15. The third-order valence-corrected chi connectivity index (χ3v) is 3.97. The molecule has 0 aliphatic carbocycles. The molecule has 0 saturated carbocycles. The van der Waals surface area contributed by atoms with Gasteiger partial charge in [-0.05, 0) is 19.4 Å². The highest BCUT2D eigenvalue weighted by atomic mass is 32.1. The number of hydrogen-bond acceptors (Lipinski definition) is 4. The van der Waals surface area contributed by atoms with E-state index in [1.165, 1.54) is 25.7 Å². The van der Waals surface area contributed by atoms with Gasteiger partial charge in [-0.1, -0.05) is 33.1 Å². The minimum Gasteiger partial charge on any atom is -0.375 e. The van der Waals surface area contributed by atoms with Crippen LogP contribution in [0.5, 0.6) is 0 Å². The third-order valence-electron chi connectivity index (χ3n) is 3.07. The molecule has 0 amide bonds. The Balaban J connectivity index is 2.22. The van der Waals surface area contributed by atoms with Gasteiger partial charge in [0.15, 0.2) is 0 Å². The van der Waals surface area contributed by atoms with E-state index in [0.29, 0.717) is 12.5 Å². The lowest BCUT2D eigenvalue weighted by atomic mass is 10.0. The molecule has 1 aromatic heterocycles. The Hall–Kier alpha value is -0.450. The van der Waals surface area contributed by atoms with Crippen LogP contribution in [0.25, 0.3) is 0 Å². The van der Waals surface area contributed by atoms with Crippen molar-refractivity contribution in [2.24, 2.45) is 5.92 Å². The first-order valence-corrected chi connectivity index (χ1v) is 7.83. The molecule has 1 aromatic rings. The van der Waals surface area contributed by atoms with Gasteiger partial charge in [0.25, 0.3) is 0 Å². The molecule has 0 aromatic carbocycles. The molecular formula is C14H26N2OS. The van der Waals surface area contributed by atoms with Crippen molar-refractivity contribution < 1.29 is 4.74 Å². The van der Waals surface area contributed by atoms with E-state index in [4.69, 9.17) is 4.74 Å². The zero-order valence-corrected chi connectivity index (χ0v) is 12.7. The van der Waals surface area contributed by atoms with E-state index in [9.17, 15) is 0 Å². The lowest BCUT2D eigenvalue weighted by molar-refractivity contribution is 0.0801. The lowest BCUT2D eigenvalue weighted by Gasteiger charge is -2.13. The summed E-state index contributed by atoms with van der Waals surface area (Å²) in [5.41, 5.74) is 1.07. The summed E-state index contributed by atoms with van der Waals surface area (Å²) in [5, 5.41) is 6.34. The van der Waals surface area contributed by atoms with Gasteiger partial charge in [0.1, 0.15) is 5.01 Å². The topological polar surface area (TPSA) is 34.1 Å². The molecule has 0 saturated heterocycles. The van der Waals surface area contributed by atoms with Crippen LogP contribution in [0.3, 0.4) is 0 Å². The monoisotopic (exact) mass is 270 g/mol. The molecule has 0 aliphatic rings. The summed E-state index contributed by atoms with van der Waals surface area (Å²) < 4.78 is 5.79. The molecule has 1 unspecified atom stereocenters. The molecule has 1 rings (SSSR count). The van der Waals surface area contributed by atoms with E-state index in [2.05, 4.69) is 29.5 Å². The second-order valence-corrected chi connectivity index (χ2v) is 5.64. The maximum Gasteiger partial charge on any atom is 0.107 e. The van der Waals surface area contributed by atoms with Gasteiger partial charge in [0.2, 0.25) is 0 Å². The number of rotatable bonds is 10. The summed E-state index contributed by atoms with van der Waals surface area (Å²) in [7, 11) is 1.94. The maximum atomic E-state index is 5.79. The van der Waals surface area contributed by atoms with Crippen LogP contribution >= 0.6 is 11.3 Å². The van der Waals surface area contributed by atoms with Crippen LogP contribution in [0, 0.1) is 5.92 Å². The normalized spacial score (nSPS) is 12.8. The van der Waals surface area contributed by atoms with Crippen molar-refractivity contribution in [3.8, 4) is 0 Å². The van der Waals surface area contributed by atoms with Crippen LogP contribution in [0.1, 0.15) is 50.2 Å². The van der Waals surface area contributed by atoms with Crippen molar-refractivity contribution in [3.63, 3.8) is 0 Å². The first-order chi connectivity index (χ1) is 8.80. The average molecular weight is 270 g/mol. The average Bonchev–Trinajstić information content (AvgIpc) is 2.82. The molecule has 1 heterocycles. The summed E-state index contributed by atoms with van der Waals surface area (Å²) >= 11 is 1.70. The van der Waals surface area contributed by atoms with Gasteiger partial charge in [-0.2, -0.15) is 0 Å². The molecule has 18 heavy (non-hydrogen) atoms. The number of nitrogens with one attached hydrogen (secondary N) is 1. The predicted octanol–water partition coefficient (Wildman–Crippen LogP) is 3.60. The molecule has 1 N–H and O–H groups in total. The highest BCUT2D eigenvalue weighted by molar-refractivity contribution is 7.09. The molecular weight excluding hydrogens is 244 g/mol. The summed E-state index contributed by atoms with van der Waals surface area (Å²) in [5.74, 6) is 0.709. The molecule has 1 atom stereocenters. The number of nitrogens with zero attached hydrogens (tertiary/aromatic N) is 1. The van der Waals surface area contributed by atoms with Gasteiger partial charge in [0.05, 0.1) is 12.3 Å². The van der Waals surface area contributed by atoms with Crippen molar-refractivity contribution in [3.05, 3.63) is 16.1 Å². The Bertz CT molecular complexity index is 314. The fourth-order valence-electron chi connectivity index (χ4n) is 1.88. The van der Waals surface area contributed by atoms with Crippen LogP contribution in [-0.4, -0.2) is 18.6 Å². The standard InChI is InChI=1S/C14H26N2OS/c1-4-6-7-12(5-2)9-17-10-13-11-18-14(16-13)8-15-3/h11-12,15H,4-10H2,1-3H3. The van der Waals surface area contributed by atoms with Gasteiger partial charge in [-0.15, -0.1) is 11.3 Å². The molecule has 104 valence electrons. The molecule has 0 bridgehead atoms. The van der Waals surface area contributed by atoms with Crippen molar-refractivity contribution in [1.82, 2.24) is 10.3 Å². The summed E-state index contributed by atoms with van der Waals surface area (Å²) in [6.45, 7) is 6.86. The molecule has 0 aliphatic heterocycles. The quantitative estimate of drug-likeness (QED) is 0.705. The summed E-state index contributed by atoms with van der Waals surface area (Å²) in [4.78, 5) is 4.52. The zero-order valence-electron chi connectivity index (χ0n) is 11.9. The number of unbranched alkanes of at least 4 members (excludes halogenated alkanes) is 1. The first kappa shape index (κ1) is 15.6. The molecule has 4 heteroatoms. The smallest absolute Gasteiger partial charge is 0.107 e. The third kappa shape index (κ3) is 5.94. The maximum absolute atomic E-state index is 5.79. The molecule has 3 nitrogen and oxygen atoms in total. The van der Waals surface area contributed by atoms with Gasteiger partial charge >= 0.3 is 0 Å². The van der Waals surface area contributed by atoms with Crippen LogP contribution in [0.2, 0.25) is 0 Å². The predicted molar refractivity (Wildman–Crippen MR) is 77.8 cm³/mol. The highest BCUT2D eigenvalue weighted by Gasteiger charge is 2.07. The van der Waals surface area contributed by atoms with Gasteiger partial charge in [0, 0.05) is 18.5 Å². The fraction of sp³-hybridized carbons (Fsp3) is 0.786. The minimum absolute atomic E-state index is 0.656. The van der Waals surface area contributed by atoms with Gasteiger partial charge in [-0.3, -0.25) is 0 Å². The summed E-state index contributed by atoms with van der Waals surface area (Å²) in [6.07, 6.45) is 5.08. The largest absolute Gasteiger partial charge is 0.375 e. The van der Waals surface area contributed by atoms with E-state index in [-0.39, 0.29) is 0 Å². The Morgan fingerprint density at radius 1 is 1.44 bits per heavy atom. The summed E-state index contributed by atoms with van der Waals surface area (Å²) in [6, 6.07) is 0. The Morgan fingerprint density at radius 3 is 2.94 bits per heavy atom. The van der Waals surface area contributed by atoms with Crippen LogP contribution < -0.4 is 5.32 Å². The Labute approximate surface area is 115 Å². The number of hydrogen-bond donors (Lipinski definition) is 1. The van der Waals surface area contributed by atoms with Crippen LogP contribution in [0.4, 0.5) is 0 Å². The molecule has 0 fully saturated rings. The Kier molecular flexibility index (Phi) is 8.22. The van der Waals surface area contributed by atoms with Crippen molar-refractivity contribution in [1.29, 1.82) is 0 Å². The second-order valence-electron chi connectivity index (χ2n) is 4.69. The lowest BCUT2D eigenvalue weighted by Crippen LogP contribution is -2.09. The van der Waals surface area contributed by atoms with E-state index in [1.54, 1.807) is 11.3 Å². The van der Waals surface area contributed by atoms with Crippen molar-refractivity contribution in [2.45, 2.75) is 52.7 Å². The van der Waals surface area contributed by atoms with Crippen LogP contribution in [0.15, 0.2) is 5.38 Å². The number of ether oxygens (including phenoxy) is 1. The number of aromatic nitrogens is 1. The van der Waals surface area contributed by atoms with Crippen molar-refractivity contribution in [2.75, 3.05) is 13.7 Å². The van der Waals surface area contributed by atoms with Crippen LogP contribution in [-0.2, 0) is 17.9 Å². The van der Waals surface area contributed by atoms with Crippen molar-refractivity contribution >= 4 is 11.3 Å². The molecule has 0 radical (unpaired) electrons. The van der Waals surface area contributed by atoms with Gasteiger partial charge < -0.3 is 10.1 Å². The fourth-order valence-corrected chi connectivity index (χ4v) is 2.67. The van der Waals surface area contributed by atoms with E-state index in [1.807, 2.05) is 7.05 Å². The SMILES string of the molecule is CCCCC(CC)COCc1csc(CNC)n1. The van der Waals surface area contributed by atoms with E-state index in [0.717, 1.165) is 23.9 Å². The second kappa shape index (κ2) is 9.48. The van der Waals surface area contributed by atoms with Gasteiger partial charge in [-0.25, -0.2) is 4.98 Å². The number of thiazole rings is 1.